The molecule has 0 saturated carbocycles. The maximum atomic E-state index is 5.78. The second-order valence-electron chi connectivity index (χ2n) is 1.86. The molecule has 0 aliphatic heterocycles. The van der Waals surface area contributed by atoms with Gasteiger partial charge in [0.05, 0.1) is 11.3 Å². The molecule has 0 spiro atoms. The third-order valence-corrected chi connectivity index (χ3v) is 1.91. The molecule has 0 aliphatic rings. The van der Waals surface area contributed by atoms with Crippen LogP contribution in [-0.2, 0) is 0 Å². The van der Waals surface area contributed by atoms with Gasteiger partial charge in [-0.15, -0.1) is 0 Å². The molecule has 0 heterocycles. The van der Waals surface area contributed by atoms with Crippen LogP contribution in [0.25, 0.3) is 0 Å². The first kappa shape index (κ1) is 8.62. The lowest BCUT2D eigenvalue weighted by Crippen LogP contribution is -1.81. The van der Waals surface area contributed by atoms with Crippen molar-refractivity contribution in [3.63, 3.8) is 0 Å². The average molecular weight is 233 g/mol. The molecule has 1 aromatic carbocycles. The third kappa shape index (κ3) is 2.24. The van der Waals surface area contributed by atoms with E-state index in [1.165, 1.54) is 6.26 Å². The van der Waals surface area contributed by atoms with Crippen LogP contribution in [0, 0.1) is 0 Å². The molecule has 1 nitrogen and oxygen atoms in total. The van der Waals surface area contributed by atoms with Crippen molar-refractivity contribution in [3.8, 4) is 5.75 Å². The van der Waals surface area contributed by atoms with Crippen molar-refractivity contribution in [2.75, 3.05) is 0 Å². The Morgan fingerprint density at radius 2 is 2.27 bits per heavy atom. The van der Waals surface area contributed by atoms with Gasteiger partial charge in [0.2, 0.25) is 0 Å². The van der Waals surface area contributed by atoms with Gasteiger partial charge in [0.1, 0.15) is 5.75 Å². The van der Waals surface area contributed by atoms with E-state index < -0.39 is 0 Å². The molecule has 11 heavy (non-hydrogen) atoms. The number of hydrogen-bond donors (Lipinski definition) is 0. The zero-order valence-electron chi connectivity index (χ0n) is 5.68. The zero-order chi connectivity index (χ0) is 8.27. The summed E-state index contributed by atoms with van der Waals surface area (Å²) in [4.78, 5) is 0. The highest BCUT2D eigenvalue weighted by Gasteiger charge is 1.99. The van der Waals surface area contributed by atoms with Crippen LogP contribution in [0.4, 0.5) is 0 Å². The van der Waals surface area contributed by atoms with Gasteiger partial charge in [0.15, 0.2) is 0 Å². The molecule has 0 bridgehead atoms. The summed E-state index contributed by atoms with van der Waals surface area (Å²) in [5.41, 5.74) is 0. The SMILES string of the molecule is C=COc1cc(Br)ccc1Cl. The predicted octanol–water partition coefficient (Wildman–Crippen LogP) is 3.62. The number of benzene rings is 1. The molecule has 0 atom stereocenters. The first-order chi connectivity index (χ1) is 5.24. The highest BCUT2D eigenvalue weighted by molar-refractivity contribution is 9.10. The van der Waals surface area contributed by atoms with Crippen LogP contribution in [0.5, 0.6) is 5.75 Å². The van der Waals surface area contributed by atoms with E-state index in [9.17, 15) is 0 Å². The minimum Gasteiger partial charge on any atom is -0.464 e. The van der Waals surface area contributed by atoms with E-state index in [1.807, 2.05) is 6.07 Å². The quantitative estimate of drug-likeness (QED) is 0.709. The summed E-state index contributed by atoms with van der Waals surface area (Å²) in [7, 11) is 0. The van der Waals surface area contributed by atoms with E-state index in [2.05, 4.69) is 22.5 Å². The maximum Gasteiger partial charge on any atom is 0.146 e. The van der Waals surface area contributed by atoms with Crippen molar-refractivity contribution in [2.45, 2.75) is 0 Å². The molecular formula is C8H6BrClO. The minimum absolute atomic E-state index is 0.577. The fourth-order valence-electron chi connectivity index (χ4n) is 0.657. The Hall–Kier alpha value is -0.470. The van der Waals surface area contributed by atoms with Gasteiger partial charge >= 0.3 is 0 Å². The molecule has 3 heteroatoms. The Bertz CT molecular complexity index is 273. The Morgan fingerprint density at radius 1 is 1.55 bits per heavy atom. The average Bonchev–Trinajstić information content (AvgIpc) is 1.98. The van der Waals surface area contributed by atoms with Crippen molar-refractivity contribution in [3.05, 3.63) is 40.5 Å². The van der Waals surface area contributed by atoms with Crippen molar-refractivity contribution >= 4 is 27.5 Å². The van der Waals surface area contributed by atoms with Crippen molar-refractivity contribution in [1.82, 2.24) is 0 Å². The van der Waals surface area contributed by atoms with Crippen LogP contribution in [0.3, 0.4) is 0 Å². The summed E-state index contributed by atoms with van der Waals surface area (Å²) < 4.78 is 5.95. The van der Waals surface area contributed by atoms with Crippen LogP contribution in [0.2, 0.25) is 5.02 Å². The number of halogens is 2. The molecule has 1 rings (SSSR count). The normalized spacial score (nSPS) is 9.27. The first-order valence-corrected chi connectivity index (χ1v) is 4.14. The molecule has 0 unspecified atom stereocenters. The van der Waals surface area contributed by atoms with Crippen molar-refractivity contribution in [1.29, 1.82) is 0 Å². The lowest BCUT2D eigenvalue weighted by atomic mass is 10.3. The van der Waals surface area contributed by atoms with Gasteiger partial charge in [-0.2, -0.15) is 0 Å². The monoisotopic (exact) mass is 232 g/mol. The highest BCUT2D eigenvalue weighted by Crippen LogP contribution is 2.27. The molecule has 0 fully saturated rings. The van der Waals surface area contributed by atoms with Gasteiger partial charge in [0, 0.05) is 4.47 Å². The minimum atomic E-state index is 0.577. The van der Waals surface area contributed by atoms with Crippen molar-refractivity contribution in [2.24, 2.45) is 0 Å². The Balaban J connectivity index is 3.01. The van der Waals surface area contributed by atoms with Crippen LogP contribution in [0.15, 0.2) is 35.5 Å². The van der Waals surface area contributed by atoms with Crippen LogP contribution >= 0.6 is 27.5 Å². The van der Waals surface area contributed by atoms with E-state index in [4.69, 9.17) is 16.3 Å². The van der Waals surface area contributed by atoms with E-state index in [1.54, 1.807) is 12.1 Å². The van der Waals surface area contributed by atoms with Gasteiger partial charge in [-0.25, -0.2) is 0 Å². The van der Waals surface area contributed by atoms with Crippen LogP contribution < -0.4 is 4.74 Å². The first-order valence-electron chi connectivity index (χ1n) is 2.96. The molecule has 0 amide bonds. The topological polar surface area (TPSA) is 9.23 Å². The molecule has 0 radical (unpaired) electrons. The van der Waals surface area contributed by atoms with E-state index in [0.717, 1.165) is 4.47 Å². The van der Waals surface area contributed by atoms with Gasteiger partial charge < -0.3 is 4.74 Å². The van der Waals surface area contributed by atoms with Gasteiger partial charge in [0.25, 0.3) is 0 Å². The predicted molar refractivity (Wildman–Crippen MR) is 50.0 cm³/mol. The second-order valence-corrected chi connectivity index (χ2v) is 3.18. The van der Waals surface area contributed by atoms with E-state index >= 15 is 0 Å². The molecule has 0 aliphatic carbocycles. The Labute approximate surface area is 78.8 Å². The maximum absolute atomic E-state index is 5.78. The molecule has 0 saturated heterocycles. The lowest BCUT2D eigenvalue weighted by Gasteiger charge is -2.01. The van der Waals surface area contributed by atoms with Gasteiger partial charge in [-0.3, -0.25) is 0 Å². The largest absolute Gasteiger partial charge is 0.464 e. The van der Waals surface area contributed by atoms with Gasteiger partial charge in [-0.1, -0.05) is 34.1 Å². The summed E-state index contributed by atoms with van der Waals surface area (Å²) in [6, 6.07) is 5.38. The summed E-state index contributed by atoms with van der Waals surface area (Å²) in [6.45, 7) is 3.43. The van der Waals surface area contributed by atoms with Crippen LogP contribution in [0.1, 0.15) is 0 Å². The zero-order valence-corrected chi connectivity index (χ0v) is 8.02. The standard InChI is InChI=1S/C8H6BrClO/c1-2-11-8-5-6(9)3-4-7(8)10/h2-5H,1H2. The lowest BCUT2D eigenvalue weighted by molar-refractivity contribution is 0.483. The third-order valence-electron chi connectivity index (χ3n) is 1.10. The molecule has 0 N–H and O–H groups in total. The number of rotatable bonds is 2. The summed E-state index contributed by atoms with van der Waals surface area (Å²) in [6.07, 6.45) is 1.34. The fourth-order valence-corrected chi connectivity index (χ4v) is 1.16. The molecule has 1 aromatic rings. The Kier molecular flexibility index (Phi) is 2.97. The summed E-state index contributed by atoms with van der Waals surface area (Å²) >= 11 is 9.07. The highest BCUT2D eigenvalue weighted by atomic mass is 79.9. The fraction of sp³-hybridized carbons (Fsp3) is 0. The summed E-state index contributed by atoms with van der Waals surface area (Å²) in [5, 5.41) is 0.577. The summed E-state index contributed by atoms with van der Waals surface area (Å²) in [5.74, 6) is 0.607. The number of hydrogen-bond acceptors (Lipinski definition) is 1. The van der Waals surface area contributed by atoms with E-state index in [-0.39, 0.29) is 0 Å². The smallest absolute Gasteiger partial charge is 0.146 e. The van der Waals surface area contributed by atoms with E-state index in [0.29, 0.717) is 10.8 Å². The molecule has 0 aromatic heterocycles. The Morgan fingerprint density at radius 3 is 2.91 bits per heavy atom. The van der Waals surface area contributed by atoms with Crippen LogP contribution in [-0.4, -0.2) is 0 Å². The molecule has 58 valence electrons. The number of ether oxygens (including phenoxy) is 1. The van der Waals surface area contributed by atoms with Crippen molar-refractivity contribution < 1.29 is 4.74 Å². The molecular weight excluding hydrogens is 227 g/mol. The van der Waals surface area contributed by atoms with Gasteiger partial charge in [-0.05, 0) is 18.2 Å². The second kappa shape index (κ2) is 3.79.